The van der Waals surface area contributed by atoms with Crippen molar-refractivity contribution >= 4 is 29.1 Å². The van der Waals surface area contributed by atoms with E-state index in [0.29, 0.717) is 0 Å². The number of nitrogens with zero attached hydrogens (tertiary/aromatic N) is 1. The molecule has 0 saturated heterocycles. The topological polar surface area (TPSA) is 40.5 Å². The van der Waals surface area contributed by atoms with Crippen LogP contribution in [-0.4, -0.2) is 17.6 Å². The van der Waals surface area contributed by atoms with E-state index < -0.39 is 5.97 Å². The second kappa shape index (κ2) is 5.69. The molecule has 21 heavy (non-hydrogen) atoms. The highest BCUT2D eigenvalue weighted by atomic mass is 32.1. The summed E-state index contributed by atoms with van der Waals surface area (Å²) in [6, 6.07) is 8.83. The first kappa shape index (κ1) is 13.8. The summed E-state index contributed by atoms with van der Waals surface area (Å²) in [6.07, 6.45) is 3.66. The zero-order valence-corrected chi connectivity index (χ0v) is 12.1. The highest BCUT2D eigenvalue weighted by molar-refractivity contribution is 7.12. The van der Waals surface area contributed by atoms with Gasteiger partial charge in [0.1, 0.15) is 5.82 Å². The molecule has 5 heteroatoms. The van der Waals surface area contributed by atoms with Crippen molar-refractivity contribution in [1.82, 2.24) is 0 Å². The van der Waals surface area contributed by atoms with Crippen LogP contribution in [-0.2, 0) is 17.8 Å². The molecule has 1 aromatic heterocycles. The third-order valence-electron chi connectivity index (χ3n) is 3.46. The Morgan fingerprint density at radius 3 is 3.05 bits per heavy atom. The van der Waals surface area contributed by atoms with Gasteiger partial charge in [0.05, 0.1) is 6.54 Å². The van der Waals surface area contributed by atoms with Gasteiger partial charge in [-0.2, -0.15) is 0 Å². The maximum atomic E-state index is 13.4. The maximum absolute atomic E-state index is 13.4. The SMILES string of the molecule is O=C(O)/C=C/c1ccc(CN2CCc3ccc(F)cc32)s1. The van der Waals surface area contributed by atoms with Crippen molar-refractivity contribution in [2.45, 2.75) is 13.0 Å². The van der Waals surface area contributed by atoms with Crippen LogP contribution >= 0.6 is 11.3 Å². The molecule has 1 aliphatic heterocycles. The third kappa shape index (κ3) is 3.13. The molecule has 1 aliphatic rings. The van der Waals surface area contributed by atoms with Crippen molar-refractivity contribution in [3.63, 3.8) is 0 Å². The molecule has 0 unspecified atom stereocenters. The number of benzene rings is 1. The lowest BCUT2D eigenvalue weighted by Crippen LogP contribution is -2.18. The number of carboxylic acids is 1. The molecule has 1 aromatic carbocycles. The summed E-state index contributed by atoms with van der Waals surface area (Å²) < 4.78 is 13.4. The van der Waals surface area contributed by atoms with Crippen LogP contribution < -0.4 is 4.90 Å². The van der Waals surface area contributed by atoms with Gasteiger partial charge in [-0.3, -0.25) is 0 Å². The van der Waals surface area contributed by atoms with Crippen molar-refractivity contribution in [1.29, 1.82) is 0 Å². The Balaban J connectivity index is 1.74. The molecule has 0 bridgehead atoms. The van der Waals surface area contributed by atoms with E-state index in [2.05, 4.69) is 4.90 Å². The van der Waals surface area contributed by atoms with Gasteiger partial charge in [0.2, 0.25) is 0 Å². The number of thiophene rings is 1. The molecule has 108 valence electrons. The molecule has 0 spiro atoms. The lowest BCUT2D eigenvalue weighted by Gasteiger charge is -2.18. The molecular formula is C16H14FNO2S. The Kier molecular flexibility index (Phi) is 3.75. The number of rotatable bonds is 4. The molecule has 2 heterocycles. The second-order valence-corrected chi connectivity index (χ2v) is 6.12. The number of aliphatic carboxylic acids is 1. The fourth-order valence-electron chi connectivity index (χ4n) is 2.49. The van der Waals surface area contributed by atoms with E-state index in [1.807, 2.05) is 18.2 Å². The number of fused-ring (bicyclic) bond motifs is 1. The van der Waals surface area contributed by atoms with Gasteiger partial charge in [0.25, 0.3) is 0 Å². The first-order chi connectivity index (χ1) is 10.1. The first-order valence-electron chi connectivity index (χ1n) is 6.65. The fourth-order valence-corrected chi connectivity index (χ4v) is 3.42. The molecule has 0 aliphatic carbocycles. The van der Waals surface area contributed by atoms with Gasteiger partial charge in [0.15, 0.2) is 0 Å². The number of carbonyl (C=O) groups is 1. The molecule has 0 saturated carbocycles. The fraction of sp³-hybridized carbons (Fsp3) is 0.188. The van der Waals surface area contributed by atoms with Crippen LogP contribution in [0.4, 0.5) is 10.1 Å². The Hall–Kier alpha value is -2.14. The largest absolute Gasteiger partial charge is 0.478 e. The molecule has 0 fully saturated rings. The van der Waals surface area contributed by atoms with E-state index in [1.54, 1.807) is 23.5 Å². The van der Waals surface area contributed by atoms with Gasteiger partial charge >= 0.3 is 5.97 Å². The number of carboxylic acid groups (broad SMARTS) is 1. The quantitative estimate of drug-likeness (QED) is 0.878. The van der Waals surface area contributed by atoms with Crippen LogP contribution in [0.5, 0.6) is 0 Å². The van der Waals surface area contributed by atoms with Crippen LogP contribution in [0, 0.1) is 5.82 Å². The van der Waals surface area contributed by atoms with E-state index in [9.17, 15) is 9.18 Å². The van der Waals surface area contributed by atoms with Gasteiger partial charge in [-0.15, -0.1) is 11.3 Å². The highest BCUT2D eigenvalue weighted by Crippen LogP contribution is 2.31. The highest BCUT2D eigenvalue weighted by Gasteiger charge is 2.20. The Labute approximate surface area is 126 Å². The predicted octanol–water partition coefficient (Wildman–Crippen LogP) is 3.55. The normalized spacial score (nSPS) is 13.9. The number of anilines is 1. The third-order valence-corrected chi connectivity index (χ3v) is 4.49. The molecule has 3 rings (SSSR count). The van der Waals surface area contributed by atoms with Crippen molar-refractivity contribution in [2.24, 2.45) is 0 Å². The summed E-state index contributed by atoms with van der Waals surface area (Å²) in [5.41, 5.74) is 2.14. The summed E-state index contributed by atoms with van der Waals surface area (Å²) in [5.74, 6) is -1.16. The number of hydrogen-bond acceptors (Lipinski definition) is 3. The zero-order valence-electron chi connectivity index (χ0n) is 11.3. The average molecular weight is 303 g/mol. The minimum atomic E-state index is -0.950. The Morgan fingerprint density at radius 1 is 1.38 bits per heavy atom. The monoisotopic (exact) mass is 303 g/mol. The smallest absolute Gasteiger partial charge is 0.328 e. The number of halogens is 1. The van der Waals surface area contributed by atoms with E-state index >= 15 is 0 Å². The minimum Gasteiger partial charge on any atom is -0.478 e. The predicted molar refractivity (Wildman–Crippen MR) is 82.1 cm³/mol. The van der Waals surface area contributed by atoms with Gasteiger partial charge in [-0.05, 0) is 42.3 Å². The minimum absolute atomic E-state index is 0.211. The molecular weight excluding hydrogens is 289 g/mol. The van der Waals surface area contributed by atoms with Gasteiger partial charge < -0.3 is 10.0 Å². The molecule has 3 nitrogen and oxygen atoms in total. The molecule has 0 radical (unpaired) electrons. The summed E-state index contributed by atoms with van der Waals surface area (Å²) in [5, 5.41) is 8.62. The van der Waals surface area contributed by atoms with Gasteiger partial charge in [-0.1, -0.05) is 6.07 Å². The first-order valence-corrected chi connectivity index (χ1v) is 7.46. The van der Waals surface area contributed by atoms with Crippen LogP contribution in [0.3, 0.4) is 0 Å². The van der Waals surface area contributed by atoms with Gasteiger partial charge in [-0.25, -0.2) is 9.18 Å². The van der Waals surface area contributed by atoms with E-state index in [1.165, 1.54) is 11.6 Å². The molecule has 0 amide bonds. The Morgan fingerprint density at radius 2 is 2.24 bits per heavy atom. The van der Waals surface area contributed by atoms with E-state index in [-0.39, 0.29) is 5.82 Å². The van der Waals surface area contributed by atoms with Crippen molar-refractivity contribution in [2.75, 3.05) is 11.4 Å². The standard InChI is InChI=1S/C16H14FNO2S/c17-12-2-1-11-7-8-18(15(11)9-12)10-14-4-3-13(21-14)5-6-16(19)20/h1-6,9H,7-8,10H2,(H,19,20)/b6-5+. The van der Waals surface area contributed by atoms with E-state index in [0.717, 1.165) is 41.0 Å². The van der Waals surface area contributed by atoms with Crippen LogP contribution in [0.25, 0.3) is 6.08 Å². The number of hydrogen-bond donors (Lipinski definition) is 1. The van der Waals surface area contributed by atoms with Crippen LogP contribution in [0.15, 0.2) is 36.4 Å². The summed E-state index contributed by atoms with van der Waals surface area (Å²) >= 11 is 1.56. The second-order valence-electron chi connectivity index (χ2n) is 4.92. The molecule has 1 N–H and O–H groups in total. The maximum Gasteiger partial charge on any atom is 0.328 e. The van der Waals surface area contributed by atoms with E-state index in [4.69, 9.17) is 5.11 Å². The van der Waals surface area contributed by atoms with Crippen molar-refractivity contribution in [3.05, 3.63) is 57.5 Å². The lowest BCUT2D eigenvalue weighted by atomic mass is 10.2. The molecule has 2 aromatic rings. The zero-order chi connectivity index (χ0) is 14.8. The Bertz CT molecular complexity index is 708. The summed E-state index contributed by atoms with van der Waals surface area (Å²) in [4.78, 5) is 14.7. The average Bonchev–Trinajstić information content (AvgIpc) is 3.05. The van der Waals surface area contributed by atoms with Crippen molar-refractivity contribution < 1.29 is 14.3 Å². The van der Waals surface area contributed by atoms with Gasteiger partial charge in [0, 0.05) is 28.1 Å². The lowest BCUT2D eigenvalue weighted by molar-refractivity contribution is -0.131. The summed E-state index contributed by atoms with van der Waals surface area (Å²) in [7, 11) is 0. The molecule has 0 atom stereocenters. The van der Waals surface area contributed by atoms with Crippen molar-refractivity contribution in [3.8, 4) is 0 Å². The van der Waals surface area contributed by atoms with Crippen LogP contribution in [0.1, 0.15) is 15.3 Å². The summed E-state index contributed by atoms with van der Waals surface area (Å²) in [6.45, 7) is 1.61. The van der Waals surface area contributed by atoms with Crippen LogP contribution in [0.2, 0.25) is 0 Å².